The summed E-state index contributed by atoms with van der Waals surface area (Å²) in [7, 11) is -3.74. The fourth-order valence-corrected chi connectivity index (χ4v) is 4.68. The van der Waals surface area contributed by atoms with Gasteiger partial charge in [-0.3, -0.25) is 4.79 Å². The van der Waals surface area contributed by atoms with Gasteiger partial charge in [0.25, 0.3) is 0 Å². The van der Waals surface area contributed by atoms with Gasteiger partial charge in [0, 0.05) is 0 Å². The highest BCUT2D eigenvalue weighted by molar-refractivity contribution is 7.92. The molecule has 1 unspecified atom stereocenters. The minimum atomic E-state index is -3.74. The second kappa shape index (κ2) is 4.15. The van der Waals surface area contributed by atoms with Crippen molar-refractivity contribution in [3.05, 3.63) is 30.3 Å². The highest BCUT2D eigenvalue weighted by atomic mass is 32.2. The molecule has 0 N–H and O–H groups in total. The minimum absolute atomic E-state index is 0.150. The van der Waals surface area contributed by atoms with Gasteiger partial charge in [0.15, 0.2) is 5.78 Å². The van der Waals surface area contributed by atoms with E-state index in [1.807, 2.05) is 6.92 Å². The molecule has 1 aromatic carbocycles. The summed E-state index contributed by atoms with van der Waals surface area (Å²) in [5, 5.41) is 0. The minimum Gasteiger partial charge on any atom is -0.350 e. The van der Waals surface area contributed by atoms with Gasteiger partial charge in [0.05, 0.1) is 16.4 Å². The van der Waals surface area contributed by atoms with Gasteiger partial charge in [-0.2, -0.15) is 0 Å². The number of sulfone groups is 1. The molecule has 1 aliphatic heterocycles. The average Bonchev–Trinajstić information content (AvgIpc) is 2.88. The first kappa shape index (κ1) is 12.8. The number of fused-ring (bicyclic) bond motifs is 1. The number of ketones is 1. The van der Waals surface area contributed by atoms with E-state index < -0.39 is 20.7 Å². The Morgan fingerprint density at radius 3 is 2.58 bits per heavy atom. The standard InChI is InChI=1S/C14H16O4S/c1-14-9-5-8-11(14)18-13(12(14)15)19(16,17)10-6-3-2-4-7-10/h2-4,6-7,11,13H,5,8-9H2,1H3/t11-,13?,14+/m0/s1. The quantitative estimate of drug-likeness (QED) is 0.830. The molecule has 0 spiro atoms. The number of hydrogen-bond acceptors (Lipinski definition) is 4. The molecule has 3 rings (SSSR count). The lowest BCUT2D eigenvalue weighted by Crippen LogP contribution is -2.34. The van der Waals surface area contributed by atoms with Crippen LogP contribution >= 0.6 is 0 Å². The Morgan fingerprint density at radius 1 is 1.26 bits per heavy atom. The van der Waals surface area contributed by atoms with Gasteiger partial charge in [-0.25, -0.2) is 8.42 Å². The van der Waals surface area contributed by atoms with Crippen molar-refractivity contribution >= 4 is 15.6 Å². The molecule has 0 aromatic heterocycles. The lowest BCUT2D eigenvalue weighted by molar-refractivity contribution is -0.125. The molecule has 1 aromatic rings. The Balaban J connectivity index is 1.99. The van der Waals surface area contributed by atoms with Crippen molar-refractivity contribution < 1.29 is 17.9 Å². The van der Waals surface area contributed by atoms with Crippen LogP contribution in [0.4, 0.5) is 0 Å². The van der Waals surface area contributed by atoms with Gasteiger partial charge < -0.3 is 4.74 Å². The molecule has 1 saturated heterocycles. The fraction of sp³-hybridized carbons (Fsp3) is 0.500. The Bertz CT molecular complexity index is 608. The van der Waals surface area contributed by atoms with Crippen LogP contribution in [0.3, 0.4) is 0 Å². The second-order valence-corrected chi connectivity index (χ2v) is 7.48. The summed E-state index contributed by atoms with van der Waals surface area (Å²) in [5.74, 6) is -0.279. The van der Waals surface area contributed by atoms with E-state index in [-0.39, 0.29) is 16.8 Å². The maximum absolute atomic E-state index is 12.5. The van der Waals surface area contributed by atoms with Crippen molar-refractivity contribution in [2.24, 2.45) is 5.41 Å². The van der Waals surface area contributed by atoms with Crippen molar-refractivity contribution in [3.8, 4) is 0 Å². The van der Waals surface area contributed by atoms with E-state index in [0.717, 1.165) is 19.3 Å². The lowest BCUT2D eigenvalue weighted by Gasteiger charge is -2.18. The van der Waals surface area contributed by atoms with Crippen molar-refractivity contribution in [3.63, 3.8) is 0 Å². The van der Waals surface area contributed by atoms with Gasteiger partial charge in [-0.1, -0.05) is 18.2 Å². The van der Waals surface area contributed by atoms with Gasteiger partial charge in [0.1, 0.15) is 0 Å². The third-order valence-corrected chi connectivity index (χ3v) is 6.11. The zero-order valence-electron chi connectivity index (χ0n) is 10.7. The van der Waals surface area contributed by atoms with Gasteiger partial charge in [-0.05, 0) is 38.3 Å². The van der Waals surface area contributed by atoms with E-state index in [9.17, 15) is 13.2 Å². The van der Waals surface area contributed by atoms with Crippen LogP contribution in [0.25, 0.3) is 0 Å². The van der Waals surface area contributed by atoms with Crippen LogP contribution in [0.5, 0.6) is 0 Å². The Kier molecular flexibility index (Phi) is 2.80. The zero-order valence-corrected chi connectivity index (χ0v) is 11.5. The van der Waals surface area contributed by atoms with Crippen LogP contribution in [0.15, 0.2) is 35.2 Å². The number of rotatable bonds is 2. The molecular weight excluding hydrogens is 264 g/mol. The number of carbonyl (C=O) groups excluding carboxylic acids is 1. The molecule has 1 saturated carbocycles. The van der Waals surface area contributed by atoms with E-state index in [2.05, 4.69) is 0 Å². The first-order valence-electron chi connectivity index (χ1n) is 6.45. The molecule has 1 heterocycles. The molecule has 2 fully saturated rings. The fourth-order valence-electron chi connectivity index (χ4n) is 3.06. The van der Waals surface area contributed by atoms with E-state index in [1.165, 1.54) is 12.1 Å². The molecule has 0 radical (unpaired) electrons. The molecule has 5 heteroatoms. The summed E-state index contributed by atoms with van der Waals surface area (Å²) in [6, 6.07) is 8.04. The first-order chi connectivity index (χ1) is 8.96. The summed E-state index contributed by atoms with van der Waals surface area (Å²) in [6.07, 6.45) is 2.16. The topological polar surface area (TPSA) is 60.4 Å². The first-order valence-corrected chi connectivity index (χ1v) is 7.99. The summed E-state index contributed by atoms with van der Waals surface area (Å²) < 4.78 is 30.5. The van der Waals surface area contributed by atoms with Crippen LogP contribution in [0.2, 0.25) is 0 Å². The van der Waals surface area contributed by atoms with E-state index in [4.69, 9.17) is 4.74 Å². The van der Waals surface area contributed by atoms with Crippen LogP contribution in [0, 0.1) is 5.41 Å². The molecule has 19 heavy (non-hydrogen) atoms. The van der Waals surface area contributed by atoms with Gasteiger partial charge in [0.2, 0.25) is 15.3 Å². The third kappa shape index (κ3) is 1.75. The summed E-state index contributed by atoms with van der Waals surface area (Å²) in [5.41, 5.74) is -1.95. The molecule has 3 atom stereocenters. The molecule has 2 aliphatic rings. The van der Waals surface area contributed by atoms with Crippen molar-refractivity contribution in [2.45, 2.75) is 42.6 Å². The number of Topliss-reactive ketones (excluding diaryl/α,β-unsaturated/α-hetero) is 1. The van der Waals surface area contributed by atoms with Crippen LogP contribution in [-0.4, -0.2) is 25.7 Å². The molecule has 0 bridgehead atoms. The Labute approximate surface area is 112 Å². The second-order valence-electron chi connectivity index (χ2n) is 5.49. The number of ether oxygens (including phenoxy) is 1. The van der Waals surface area contributed by atoms with Gasteiger partial charge in [-0.15, -0.1) is 0 Å². The van der Waals surface area contributed by atoms with Crippen molar-refractivity contribution in [1.82, 2.24) is 0 Å². The molecule has 0 amide bonds. The smallest absolute Gasteiger partial charge is 0.222 e. The molecule has 1 aliphatic carbocycles. The number of benzene rings is 1. The normalized spacial score (nSPS) is 34.5. The monoisotopic (exact) mass is 280 g/mol. The SMILES string of the molecule is C[C@@]12CCC[C@@H]1OC(S(=O)(=O)c1ccccc1)C2=O. The van der Waals surface area contributed by atoms with E-state index in [1.54, 1.807) is 18.2 Å². The zero-order chi connectivity index (χ0) is 13.7. The van der Waals surface area contributed by atoms with Crippen LogP contribution in [0.1, 0.15) is 26.2 Å². The lowest BCUT2D eigenvalue weighted by atomic mass is 9.84. The maximum Gasteiger partial charge on any atom is 0.222 e. The number of carbonyl (C=O) groups is 1. The van der Waals surface area contributed by atoms with Crippen molar-refractivity contribution in [2.75, 3.05) is 0 Å². The molecule has 4 nitrogen and oxygen atoms in total. The largest absolute Gasteiger partial charge is 0.350 e. The van der Waals surface area contributed by atoms with E-state index in [0.29, 0.717) is 0 Å². The Hall–Kier alpha value is -1.20. The average molecular weight is 280 g/mol. The predicted octanol–water partition coefficient (Wildman–Crippen LogP) is 1.94. The predicted molar refractivity (Wildman–Crippen MR) is 69.3 cm³/mol. The highest BCUT2D eigenvalue weighted by Crippen LogP contribution is 2.48. The molecular formula is C14H16O4S. The third-order valence-electron chi connectivity index (χ3n) is 4.29. The molecule has 102 valence electrons. The summed E-state index contributed by atoms with van der Waals surface area (Å²) in [4.78, 5) is 12.6. The van der Waals surface area contributed by atoms with Crippen LogP contribution in [-0.2, 0) is 19.4 Å². The van der Waals surface area contributed by atoms with E-state index >= 15 is 0 Å². The number of hydrogen-bond donors (Lipinski definition) is 0. The summed E-state index contributed by atoms with van der Waals surface area (Å²) >= 11 is 0. The van der Waals surface area contributed by atoms with Gasteiger partial charge >= 0.3 is 0 Å². The highest BCUT2D eigenvalue weighted by Gasteiger charge is 2.59. The van der Waals surface area contributed by atoms with Crippen LogP contribution < -0.4 is 0 Å². The Morgan fingerprint density at radius 2 is 1.95 bits per heavy atom. The maximum atomic E-state index is 12.5. The van der Waals surface area contributed by atoms with Crippen molar-refractivity contribution in [1.29, 1.82) is 0 Å². The summed E-state index contributed by atoms with van der Waals surface area (Å²) in [6.45, 7) is 1.83.